The maximum Gasteiger partial charge on any atom is 0.0728 e. The van der Waals surface area contributed by atoms with Crippen LogP contribution in [0, 0.1) is 5.41 Å². The quantitative estimate of drug-likeness (QED) is 0.619. The van der Waals surface area contributed by atoms with Crippen LogP contribution >= 0.6 is 0 Å². The van der Waals surface area contributed by atoms with Gasteiger partial charge in [0.25, 0.3) is 0 Å². The van der Waals surface area contributed by atoms with Crippen molar-refractivity contribution in [2.45, 2.75) is 51.7 Å². The lowest BCUT2D eigenvalue weighted by Gasteiger charge is -2.39. The van der Waals surface area contributed by atoms with Crippen LogP contribution in [0.5, 0.6) is 0 Å². The SMILES string of the molecule is CC1(C)CCC2OCCCNC2C1. The molecule has 2 rings (SSSR count). The van der Waals surface area contributed by atoms with Gasteiger partial charge in [-0.05, 0) is 37.6 Å². The van der Waals surface area contributed by atoms with Gasteiger partial charge in [0.15, 0.2) is 0 Å². The van der Waals surface area contributed by atoms with Crippen molar-refractivity contribution in [2.24, 2.45) is 5.41 Å². The topological polar surface area (TPSA) is 21.3 Å². The Kier molecular flexibility index (Phi) is 2.61. The van der Waals surface area contributed by atoms with Crippen molar-refractivity contribution in [3.8, 4) is 0 Å². The Morgan fingerprint density at radius 1 is 1.38 bits per heavy atom. The van der Waals surface area contributed by atoms with E-state index in [2.05, 4.69) is 19.2 Å². The lowest BCUT2D eigenvalue weighted by Crippen LogP contribution is -2.46. The van der Waals surface area contributed by atoms with Crippen molar-refractivity contribution < 1.29 is 4.74 Å². The van der Waals surface area contributed by atoms with Crippen molar-refractivity contribution in [1.82, 2.24) is 5.32 Å². The normalized spacial score (nSPS) is 39.2. The summed E-state index contributed by atoms with van der Waals surface area (Å²) in [7, 11) is 0. The van der Waals surface area contributed by atoms with E-state index in [0.29, 0.717) is 17.6 Å². The standard InChI is InChI=1S/C11H21NO/c1-11(2)5-4-10-9(8-11)12-6-3-7-13-10/h9-10,12H,3-8H2,1-2H3. The minimum atomic E-state index is 0.496. The van der Waals surface area contributed by atoms with Crippen LogP contribution in [-0.2, 0) is 4.74 Å². The van der Waals surface area contributed by atoms with E-state index in [0.717, 1.165) is 13.2 Å². The smallest absolute Gasteiger partial charge is 0.0728 e. The lowest BCUT2D eigenvalue weighted by molar-refractivity contribution is -0.00561. The van der Waals surface area contributed by atoms with Crippen LogP contribution in [0.3, 0.4) is 0 Å². The van der Waals surface area contributed by atoms with Gasteiger partial charge in [-0.25, -0.2) is 0 Å². The van der Waals surface area contributed by atoms with Crippen LogP contribution in [0.2, 0.25) is 0 Å². The van der Waals surface area contributed by atoms with Gasteiger partial charge in [0, 0.05) is 12.6 Å². The molecule has 1 aliphatic heterocycles. The molecule has 2 unspecified atom stereocenters. The lowest BCUT2D eigenvalue weighted by atomic mass is 9.74. The second kappa shape index (κ2) is 3.58. The molecule has 2 heteroatoms. The fourth-order valence-electron chi connectivity index (χ4n) is 2.56. The van der Waals surface area contributed by atoms with E-state index in [-0.39, 0.29) is 0 Å². The van der Waals surface area contributed by atoms with E-state index in [1.807, 2.05) is 0 Å². The largest absolute Gasteiger partial charge is 0.377 e. The molecule has 76 valence electrons. The number of fused-ring (bicyclic) bond motifs is 1. The number of nitrogens with one attached hydrogen (secondary N) is 1. The van der Waals surface area contributed by atoms with Gasteiger partial charge >= 0.3 is 0 Å². The first-order chi connectivity index (χ1) is 6.17. The highest BCUT2D eigenvalue weighted by Gasteiger charge is 2.35. The minimum Gasteiger partial charge on any atom is -0.377 e. The van der Waals surface area contributed by atoms with Gasteiger partial charge in [0.1, 0.15) is 0 Å². The fraction of sp³-hybridized carbons (Fsp3) is 1.00. The van der Waals surface area contributed by atoms with E-state index in [4.69, 9.17) is 4.74 Å². The maximum absolute atomic E-state index is 5.84. The van der Waals surface area contributed by atoms with Crippen LogP contribution in [0.1, 0.15) is 39.5 Å². The van der Waals surface area contributed by atoms with Gasteiger partial charge in [0.2, 0.25) is 0 Å². The Bertz CT molecular complexity index is 179. The molecule has 1 saturated carbocycles. The predicted octanol–water partition coefficient (Wildman–Crippen LogP) is 1.94. The second-order valence-corrected chi connectivity index (χ2v) is 5.23. The molecule has 0 bridgehead atoms. The minimum absolute atomic E-state index is 0.496. The predicted molar refractivity (Wildman–Crippen MR) is 53.8 cm³/mol. The van der Waals surface area contributed by atoms with Crippen LogP contribution in [0.15, 0.2) is 0 Å². The molecule has 13 heavy (non-hydrogen) atoms. The molecular weight excluding hydrogens is 162 g/mol. The Hall–Kier alpha value is -0.0800. The highest BCUT2D eigenvalue weighted by atomic mass is 16.5. The molecule has 0 radical (unpaired) electrons. The summed E-state index contributed by atoms with van der Waals surface area (Å²) >= 11 is 0. The molecule has 0 spiro atoms. The number of hydrogen-bond acceptors (Lipinski definition) is 2. The molecule has 0 aromatic rings. The molecule has 1 aliphatic carbocycles. The highest BCUT2D eigenvalue weighted by Crippen LogP contribution is 2.36. The van der Waals surface area contributed by atoms with E-state index in [1.54, 1.807) is 0 Å². The summed E-state index contributed by atoms with van der Waals surface area (Å²) in [5.41, 5.74) is 0.516. The monoisotopic (exact) mass is 183 g/mol. The van der Waals surface area contributed by atoms with Crippen LogP contribution in [0.25, 0.3) is 0 Å². The molecular formula is C11H21NO. The molecule has 2 aliphatic rings. The number of hydrogen-bond donors (Lipinski definition) is 1. The van der Waals surface area contributed by atoms with Gasteiger partial charge in [-0.2, -0.15) is 0 Å². The summed E-state index contributed by atoms with van der Waals surface area (Å²) < 4.78 is 5.84. The molecule has 1 heterocycles. The van der Waals surface area contributed by atoms with Crippen molar-refractivity contribution in [3.63, 3.8) is 0 Å². The molecule has 2 nitrogen and oxygen atoms in total. The van der Waals surface area contributed by atoms with Gasteiger partial charge in [-0.3, -0.25) is 0 Å². The molecule has 2 fully saturated rings. The van der Waals surface area contributed by atoms with E-state index in [1.165, 1.54) is 25.7 Å². The molecule has 0 aromatic carbocycles. The Balaban J connectivity index is 2.00. The van der Waals surface area contributed by atoms with Gasteiger partial charge in [0.05, 0.1) is 6.10 Å². The summed E-state index contributed by atoms with van der Waals surface area (Å²) in [6.45, 7) is 6.83. The Morgan fingerprint density at radius 3 is 3.08 bits per heavy atom. The van der Waals surface area contributed by atoms with Crippen LogP contribution in [0.4, 0.5) is 0 Å². The second-order valence-electron chi connectivity index (χ2n) is 5.23. The maximum atomic E-state index is 5.84. The summed E-state index contributed by atoms with van der Waals surface area (Å²) in [6, 6.07) is 0.617. The first-order valence-corrected chi connectivity index (χ1v) is 5.52. The first-order valence-electron chi connectivity index (χ1n) is 5.52. The average molecular weight is 183 g/mol. The number of rotatable bonds is 0. The Morgan fingerprint density at radius 2 is 2.23 bits per heavy atom. The average Bonchev–Trinajstić information content (AvgIpc) is 2.27. The molecule has 2 atom stereocenters. The van der Waals surface area contributed by atoms with Crippen LogP contribution in [-0.4, -0.2) is 25.3 Å². The molecule has 0 aromatic heterocycles. The third-order valence-corrected chi connectivity index (χ3v) is 3.39. The Labute approximate surface area is 81.0 Å². The fourth-order valence-corrected chi connectivity index (χ4v) is 2.56. The van der Waals surface area contributed by atoms with Gasteiger partial charge in [-0.15, -0.1) is 0 Å². The van der Waals surface area contributed by atoms with E-state index >= 15 is 0 Å². The first kappa shape index (κ1) is 9.47. The molecule has 1 N–H and O–H groups in total. The van der Waals surface area contributed by atoms with Crippen molar-refractivity contribution in [2.75, 3.05) is 13.2 Å². The molecule has 0 amide bonds. The molecule has 1 saturated heterocycles. The zero-order valence-electron chi connectivity index (χ0n) is 8.81. The zero-order chi connectivity index (χ0) is 9.31. The van der Waals surface area contributed by atoms with Crippen LogP contribution < -0.4 is 5.32 Å². The highest BCUT2D eigenvalue weighted by molar-refractivity contribution is 4.90. The van der Waals surface area contributed by atoms with Crippen molar-refractivity contribution in [1.29, 1.82) is 0 Å². The van der Waals surface area contributed by atoms with E-state index < -0.39 is 0 Å². The van der Waals surface area contributed by atoms with E-state index in [9.17, 15) is 0 Å². The summed E-state index contributed by atoms with van der Waals surface area (Å²) in [6.07, 6.45) is 5.50. The third kappa shape index (κ3) is 2.23. The third-order valence-electron chi connectivity index (χ3n) is 3.39. The van der Waals surface area contributed by atoms with Crippen molar-refractivity contribution in [3.05, 3.63) is 0 Å². The summed E-state index contributed by atoms with van der Waals surface area (Å²) in [5, 5.41) is 3.61. The van der Waals surface area contributed by atoms with Gasteiger partial charge < -0.3 is 10.1 Å². The zero-order valence-corrected chi connectivity index (χ0v) is 8.81. The number of ether oxygens (including phenoxy) is 1. The van der Waals surface area contributed by atoms with Gasteiger partial charge in [-0.1, -0.05) is 13.8 Å². The summed E-state index contributed by atoms with van der Waals surface area (Å²) in [5.74, 6) is 0. The summed E-state index contributed by atoms with van der Waals surface area (Å²) in [4.78, 5) is 0. The van der Waals surface area contributed by atoms with Crippen molar-refractivity contribution >= 4 is 0 Å².